The average Bonchev–Trinajstić information content (AvgIpc) is 2.32. The normalized spacial score (nSPS) is 10.3. The Morgan fingerprint density at radius 3 is 2.53 bits per heavy atom. The first-order valence-corrected chi connectivity index (χ1v) is 6.32. The molecule has 0 saturated heterocycles. The summed E-state index contributed by atoms with van der Waals surface area (Å²) in [6, 6.07) is 5.44. The molecule has 0 bridgehead atoms. The molecule has 0 amide bonds. The molecule has 0 radical (unpaired) electrons. The predicted octanol–water partition coefficient (Wildman–Crippen LogP) is 3.68. The Balaban J connectivity index is 2.27. The molecule has 2 aromatic rings. The summed E-state index contributed by atoms with van der Waals surface area (Å²) in [5, 5.41) is 0.647. The molecule has 1 heterocycles. The lowest BCUT2D eigenvalue weighted by Crippen LogP contribution is -2.02. The van der Waals surface area contributed by atoms with Gasteiger partial charge in [0, 0.05) is 5.02 Å². The SMILES string of the molecule is CCOc1nc(Cl)nc(Oc2ccc(Cl)cc2C)n1. The standard InChI is InChI=1S/C12H11Cl2N3O2/c1-3-18-11-15-10(14)16-12(17-11)19-9-5-4-8(13)6-7(9)2/h4-6H,3H2,1-2H3. The van der Waals surface area contributed by atoms with E-state index in [2.05, 4.69) is 15.0 Å². The maximum Gasteiger partial charge on any atom is 0.329 e. The second kappa shape index (κ2) is 6.04. The number of rotatable bonds is 4. The van der Waals surface area contributed by atoms with Crippen molar-refractivity contribution in [2.45, 2.75) is 13.8 Å². The molecule has 0 fully saturated rings. The van der Waals surface area contributed by atoms with Gasteiger partial charge in [-0.2, -0.15) is 9.97 Å². The van der Waals surface area contributed by atoms with E-state index in [0.29, 0.717) is 17.4 Å². The summed E-state index contributed by atoms with van der Waals surface area (Å²) in [5.41, 5.74) is 0.863. The van der Waals surface area contributed by atoms with Gasteiger partial charge in [-0.15, -0.1) is 4.98 Å². The Kier molecular flexibility index (Phi) is 4.39. The summed E-state index contributed by atoms with van der Waals surface area (Å²) in [6.45, 7) is 4.12. The van der Waals surface area contributed by atoms with Gasteiger partial charge in [-0.3, -0.25) is 0 Å². The highest BCUT2D eigenvalue weighted by molar-refractivity contribution is 6.30. The Morgan fingerprint density at radius 1 is 1.11 bits per heavy atom. The number of hydrogen-bond acceptors (Lipinski definition) is 5. The van der Waals surface area contributed by atoms with Crippen molar-refractivity contribution in [3.63, 3.8) is 0 Å². The lowest BCUT2D eigenvalue weighted by Gasteiger charge is -2.08. The van der Waals surface area contributed by atoms with Crippen LogP contribution in [0, 0.1) is 6.92 Å². The van der Waals surface area contributed by atoms with Crippen LogP contribution < -0.4 is 9.47 Å². The highest BCUT2D eigenvalue weighted by atomic mass is 35.5. The third kappa shape index (κ3) is 3.68. The van der Waals surface area contributed by atoms with Crippen LogP contribution in [0.3, 0.4) is 0 Å². The van der Waals surface area contributed by atoms with Gasteiger partial charge < -0.3 is 9.47 Å². The molecule has 0 unspecified atom stereocenters. The van der Waals surface area contributed by atoms with Gasteiger partial charge in [-0.25, -0.2) is 0 Å². The first-order chi connectivity index (χ1) is 9.08. The fraction of sp³-hybridized carbons (Fsp3) is 0.250. The van der Waals surface area contributed by atoms with E-state index in [-0.39, 0.29) is 17.3 Å². The zero-order valence-electron chi connectivity index (χ0n) is 10.4. The van der Waals surface area contributed by atoms with E-state index < -0.39 is 0 Å². The van der Waals surface area contributed by atoms with Crippen molar-refractivity contribution in [3.8, 4) is 17.8 Å². The van der Waals surface area contributed by atoms with Gasteiger partial charge in [0.25, 0.3) is 0 Å². The van der Waals surface area contributed by atoms with Crippen LogP contribution in [-0.2, 0) is 0 Å². The van der Waals surface area contributed by atoms with Crippen molar-refractivity contribution in [1.29, 1.82) is 0 Å². The van der Waals surface area contributed by atoms with Gasteiger partial charge in [0.15, 0.2) is 0 Å². The lowest BCUT2D eigenvalue weighted by molar-refractivity contribution is 0.303. The van der Waals surface area contributed by atoms with Crippen LogP contribution in [0.1, 0.15) is 12.5 Å². The van der Waals surface area contributed by atoms with Crippen LogP contribution in [0.4, 0.5) is 0 Å². The summed E-state index contributed by atoms with van der Waals surface area (Å²) in [5.74, 6) is 0.592. The molecular weight excluding hydrogens is 289 g/mol. The van der Waals surface area contributed by atoms with Gasteiger partial charge in [0.1, 0.15) is 5.75 Å². The molecule has 5 nitrogen and oxygen atoms in total. The Bertz CT molecular complexity index is 593. The predicted molar refractivity (Wildman–Crippen MR) is 72.3 cm³/mol. The van der Waals surface area contributed by atoms with Crippen molar-refractivity contribution in [1.82, 2.24) is 15.0 Å². The Morgan fingerprint density at radius 2 is 1.84 bits per heavy atom. The largest absolute Gasteiger partial charge is 0.464 e. The number of aromatic nitrogens is 3. The zero-order valence-corrected chi connectivity index (χ0v) is 11.9. The third-order valence-electron chi connectivity index (χ3n) is 2.18. The van der Waals surface area contributed by atoms with Gasteiger partial charge >= 0.3 is 12.0 Å². The van der Waals surface area contributed by atoms with Gasteiger partial charge in [0.05, 0.1) is 6.61 Å². The van der Waals surface area contributed by atoms with Crippen LogP contribution in [0.5, 0.6) is 17.8 Å². The first-order valence-electron chi connectivity index (χ1n) is 5.57. The van der Waals surface area contributed by atoms with E-state index in [1.165, 1.54) is 0 Å². The number of nitrogens with zero attached hydrogens (tertiary/aromatic N) is 3. The minimum absolute atomic E-state index is 0.0140. The third-order valence-corrected chi connectivity index (χ3v) is 2.58. The van der Waals surface area contributed by atoms with E-state index in [4.69, 9.17) is 32.7 Å². The van der Waals surface area contributed by atoms with Crippen LogP contribution >= 0.6 is 23.2 Å². The van der Waals surface area contributed by atoms with Crippen molar-refractivity contribution in [2.75, 3.05) is 6.61 Å². The molecule has 0 N–H and O–H groups in total. The molecule has 1 aromatic heterocycles. The van der Waals surface area contributed by atoms with Crippen molar-refractivity contribution in [2.24, 2.45) is 0 Å². The maximum atomic E-state index is 5.87. The van der Waals surface area contributed by atoms with Crippen LogP contribution in [0.15, 0.2) is 18.2 Å². The topological polar surface area (TPSA) is 57.1 Å². The number of benzene rings is 1. The number of halogens is 2. The molecule has 0 aliphatic carbocycles. The summed E-state index contributed by atoms with van der Waals surface area (Å²) in [4.78, 5) is 11.7. The summed E-state index contributed by atoms with van der Waals surface area (Å²) in [6.07, 6.45) is 0. The number of hydrogen-bond donors (Lipinski definition) is 0. The second-order valence-electron chi connectivity index (χ2n) is 3.61. The van der Waals surface area contributed by atoms with E-state index in [1.807, 2.05) is 13.8 Å². The smallest absolute Gasteiger partial charge is 0.329 e. The molecular formula is C12H11Cl2N3O2. The van der Waals surface area contributed by atoms with E-state index in [0.717, 1.165) is 5.56 Å². The molecule has 7 heteroatoms. The quantitative estimate of drug-likeness (QED) is 0.862. The van der Waals surface area contributed by atoms with Gasteiger partial charge in [-0.1, -0.05) is 11.6 Å². The van der Waals surface area contributed by atoms with Gasteiger partial charge in [-0.05, 0) is 49.2 Å². The molecule has 0 aliphatic rings. The van der Waals surface area contributed by atoms with Crippen molar-refractivity contribution < 1.29 is 9.47 Å². The fourth-order valence-corrected chi connectivity index (χ4v) is 1.75. The summed E-state index contributed by atoms with van der Waals surface area (Å²) < 4.78 is 10.7. The first kappa shape index (κ1) is 13.8. The van der Waals surface area contributed by atoms with E-state index in [9.17, 15) is 0 Å². The molecule has 0 spiro atoms. The molecule has 2 rings (SSSR count). The second-order valence-corrected chi connectivity index (χ2v) is 4.39. The maximum absolute atomic E-state index is 5.87. The number of aryl methyl sites for hydroxylation is 1. The highest BCUT2D eigenvalue weighted by Crippen LogP contribution is 2.26. The molecule has 19 heavy (non-hydrogen) atoms. The summed E-state index contributed by atoms with van der Waals surface area (Å²) in [7, 11) is 0. The lowest BCUT2D eigenvalue weighted by atomic mass is 10.2. The molecule has 1 aromatic carbocycles. The highest BCUT2D eigenvalue weighted by Gasteiger charge is 2.09. The van der Waals surface area contributed by atoms with Gasteiger partial charge in [0.2, 0.25) is 5.28 Å². The zero-order chi connectivity index (χ0) is 13.8. The van der Waals surface area contributed by atoms with E-state index >= 15 is 0 Å². The Labute approximate surface area is 120 Å². The Hall–Kier alpha value is -1.59. The molecule has 100 valence electrons. The van der Waals surface area contributed by atoms with Crippen LogP contribution in [0.2, 0.25) is 10.3 Å². The molecule has 0 saturated carbocycles. The summed E-state index contributed by atoms with van der Waals surface area (Å²) >= 11 is 11.6. The minimum atomic E-state index is 0.0140. The van der Waals surface area contributed by atoms with Crippen LogP contribution in [-0.4, -0.2) is 21.6 Å². The van der Waals surface area contributed by atoms with E-state index in [1.54, 1.807) is 18.2 Å². The average molecular weight is 300 g/mol. The molecule has 0 atom stereocenters. The molecule has 0 aliphatic heterocycles. The fourth-order valence-electron chi connectivity index (χ4n) is 1.38. The number of ether oxygens (including phenoxy) is 2. The van der Waals surface area contributed by atoms with Crippen molar-refractivity contribution in [3.05, 3.63) is 34.1 Å². The minimum Gasteiger partial charge on any atom is -0.464 e. The van der Waals surface area contributed by atoms with Crippen LogP contribution in [0.25, 0.3) is 0 Å². The van der Waals surface area contributed by atoms with Crippen molar-refractivity contribution >= 4 is 23.2 Å². The monoisotopic (exact) mass is 299 g/mol.